The normalized spacial score (nSPS) is 15.5. The second-order valence-corrected chi connectivity index (χ2v) is 6.88. The highest BCUT2D eigenvalue weighted by molar-refractivity contribution is 7.20. The maximum Gasteiger partial charge on any atom is 0.234 e. The van der Waals surface area contributed by atoms with Crippen LogP contribution in [0.2, 0.25) is 10.0 Å². The van der Waals surface area contributed by atoms with Gasteiger partial charge in [-0.25, -0.2) is 0 Å². The molecule has 1 aromatic carbocycles. The molecule has 1 fully saturated rings. The topological polar surface area (TPSA) is 69.1 Å². The molecule has 0 atom stereocenters. The number of benzene rings is 1. The van der Waals surface area contributed by atoms with E-state index in [9.17, 15) is 0 Å². The minimum Gasteiger partial charge on any atom is -0.397 e. The van der Waals surface area contributed by atoms with Gasteiger partial charge in [0.05, 0.1) is 21.3 Å². The molecular weight excluding hydrogens is 329 g/mol. The lowest BCUT2D eigenvalue weighted by atomic mass is 9.85. The molecule has 0 saturated heterocycles. The fourth-order valence-corrected chi connectivity index (χ4v) is 3.83. The molecule has 0 bridgehead atoms. The van der Waals surface area contributed by atoms with E-state index >= 15 is 0 Å². The molecule has 21 heavy (non-hydrogen) atoms. The molecule has 5 nitrogen and oxygen atoms in total. The highest BCUT2D eigenvalue weighted by Crippen LogP contribution is 2.41. The lowest BCUT2D eigenvalue weighted by Gasteiger charge is -2.22. The van der Waals surface area contributed by atoms with Crippen molar-refractivity contribution < 1.29 is 0 Å². The largest absolute Gasteiger partial charge is 0.397 e. The van der Waals surface area contributed by atoms with Gasteiger partial charge in [0.1, 0.15) is 0 Å². The molecule has 2 heterocycles. The van der Waals surface area contributed by atoms with Crippen molar-refractivity contribution in [2.45, 2.75) is 25.2 Å². The molecule has 3 aromatic rings. The zero-order valence-corrected chi connectivity index (χ0v) is 13.2. The summed E-state index contributed by atoms with van der Waals surface area (Å²) in [5.74, 6) is 1.39. The summed E-state index contributed by atoms with van der Waals surface area (Å²) < 4.78 is 1.81. The van der Waals surface area contributed by atoms with E-state index < -0.39 is 0 Å². The van der Waals surface area contributed by atoms with E-state index in [0.717, 1.165) is 23.6 Å². The van der Waals surface area contributed by atoms with Crippen LogP contribution in [0, 0.1) is 0 Å². The summed E-state index contributed by atoms with van der Waals surface area (Å²) >= 11 is 13.7. The quantitative estimate of drug-likeness (QED) is 0.716. The number of rotatable bonds is 2. The highest BCUT2D eigenvalue weighted by Gasteiger charge is 2.27. The third kappa shape index (κ3) is 2.01. The monoisotopic (exact) mass is 339 g/mol. The van der Waals surface area contributed by atoms with Crippen LogP contribution in [-0.2, 0) is 0 Å². The van der Waals surface area contributed by atoms with Crippen LogP contribution in [0.5, 0.6) is 0 Å². The molecule has 1 aliphatic carbocycles. The van der Waals surface area contributed by atoms with Crippen LogP contribution in [0.3, 0.4) is 0 Å². The van der Waals surface area contributed by atoms with Crippen LogP contribution in [-0.4, -0.2) is 19.8 Å². The van der Waals surface area contributed by atoms with E-state index in [0.29, 0.717) is 32.2 Å². The first-order valence-electron chi connectivity index (χ1n) is 6.61. The average molecular weight is 340 g/mol. The lowest BCUT2D eigenvalue weighted by molar-refractivity contribution is 0.395. The molecule has 0 radical (unpaired) electrons. The van der Waals surface area contributed by atoms with Crippen molar-refractivity contribution in [3.63, 3.8) is 0 Å². The van der Waals surface area contributed by atoms with Crippen LogP contribution in [0.25, 0.3) is 15.5 Å². The van der Waals surface area contributed by atoms with Crippen molar-refractivity contribution in [1.29, 1.82) is 0 Å². The van der Waals surface area contributed by atoms with Gasteiger partial charge in [-0.3, -0.25) is 0 Å². The number of hydrogen-bond acceptors (Lipinski definition) is 5. The first kappa shape index (κ1) is 13.3. The summed E-state index contributed by atoms with van der Waals surface area (Å²) in [6.07, 6.45) is 3.53. The summed E-state index contributed by atoms with van der Waals surface area (Å²) in [4.78, 5) is 0.752. The summed E-state index contributed by atoms with van der Waals surface area (Å²) in [5, 5.41) is 14.8. The van der Waals surface area contributed by atoms with Gasteiger partial charge in [-0.15, -0.1) is 10.2 Å². The van der Waals surface area contributed by atoms with Gasteiger partial charge >= 0.3 is 0 Å². The van der Waals surface area contributed by atoms with Crippen molar-refractivity contribution in [3.05, 3.63) is 28.0 Å². The van der Waals surface area contributed by atoms with E-state index in [-0.39, 0.29) is 0 Å². The third-order valence-electron chi connectivity index (χ3n) is 3.84. The third-order valence-corrected chi connectivity index (χ3v) is 5.40. The molecule has 1 saturated carbocycles. The minimum absolute atomic E-state index is 0.444. The minimum atomic E-state index is 0.444. The molecule has 2 N–H and O–H groups in total. The predicted octanol–water partition coefficient (Wildman–Crippen LogP) is 4.01. The lowest BCUT2D eigenvalue weighted by Crippen LogP contribution is -2.13. The Labute approximate surface area is 134 Å². The van der Waals surface area contributed by atoms with Crippen LogP contribution in [0.4, 0.5) is 5.69 Å². The zero-order valence-electron chi connectivity index (χ0n) is 10.9. The summed E-state index contributed by atoms with van der Waals surface area (Å²) in [6, 6.07) is 3.41. The van der Waals surface area contributed by atoms with Crippen molar-refractivity contribution >= 4 is 45.2 Å². The number of halogens is 2. The molecule has 0 aliphatic heterocycles. The maximum absolute atomic E-state index is 6.25. The number of hydrogen-bond donors (Lipinski definition) is 1. The Morgan fingerprint density at radius 1 is 1.19 bits per heavy atom. The number of anilines is 1. The van der Waals surface area contributed by atoms with Gasteiger partial charge in [-0.1, -0.05) is 41.0 Å². The zero-order chi connectivity index (χ0) is 14.6. The van der Waals surface area contributed by atoms with E-state index in [1.165, 1.54) is 17.8 Å². The van der Waals surface area contributed by atoms with Gasteiger partial charge in [-0.05, 0) is 25.0 Å². The van der Waals surface area contributed by atoms with E-state index in [4.69, 9.17) is 28.9 Å². The first-order chi connectivity index (χ1) is 10.1. The van der Waals surface area contributed by atoms with Crippen LogP contribution in [0.15, 0.2) is 12.1 Å². The molecule has 0 spiro atoms. The molecule has 4 rings (SSSR count). The highest BCUT2D eigenvalue weighted by atomic mass is 35.5. The molecule has 0 amide bonds. The Kier molecular flexibility index (Phi) is 3.06. The van der Waals surface area contributed by atoms with E-state index in [1.54, 1.807) is 16.6 Å². The fourth-order valence-electron chi connectivity index (χ4n) is 2.44. The Bertz CT molecular complexity index is 837. The second-order valence-electron chi connectivity index (χ2n) is 5.11. The molecular formula is C13H11Cl2N5S. The van der Waals surface area contributed by atoms with Gasteiger partial charge in [0.25, 0.3) is 0 Å². The molecule has 1 aliphatic rings. The fraction of sp³-hybridized carbons (Fsp3) is 0.308. The van der Waals surface area contributed by atoms with Gasteiger partial charge in [-0.2, -0.15) is 9.61 Å². The Hall–Kier alpha value is -1.37. The Balaban J connectivity index is 1.88. The van der Waals surface area contributed by atoms with Crippen LogP contribution in [0.1, 0.15) is 31.0 Å². The van der Waals surface area contributed by atoms with Gasteiger partial charge < -0.3 is 5.73 Å². The number of nitrogens with two attached hydrogens (primary N) is 1. The van der Waals surface area contributed by atoms with Gasteiger partial charge in [0.15, 0.2) is 10.8 Å². The summed E-state index contributed by atoms with van der Waals surface area (Å²) in [6.45, 7) is 0. The number of nitrogen functional groups attached to an aromatic ring is 1. The number of aromatic nitrogens is 4. The standard InChI is InChI=1S/C13H11Cl2N5S/c14-7-4-5-8(15)10(16)9(7)12-19-20-11(6-2-1-3-6)17-18-13(20)21-12/h4-6H,1-3,16H2. The number of fused-ring (bicyclic) bond motifs is 1. The van der Waals surface area contributed by atoms with Crippen molar-refractivity contribution in [2.75, 3.05) is 5.73 Å². The molecule has 108 valence electrons. The smallest absolute Gasteiger partial charge is 0.234 e. The van der Waals surface area contributed by atoms with Crippen molar-refractivity contribution in [1.82, 2.24) is 19.8 Å². The molecule has 2 aromatic heterocycles. The Morgan fingerprint density at radius 3 is 2.67 bits per heavy atom. The van der Waals surface area contributed by atoms with Crippen LogP contribution < -0.4 is 5.73 Å². The average Bonchev–Trinajstić information content (AvgIpc) is 2.95. The number of nitrogens with zero attached hydrogens (tertiary/aromatic N) is 4. The second kappa shape index (κ2) is 4.83. The Morgan fingerprint density at radius 2 is 1.95 bits per heavy atom. The van der Waals surface area contributed by atoms with E-state index in [1.807, 2.05) is 0 Å². The molecule has 0 unspecified atom stereocenters. The molecule has 8 heteroatoms. The SMILES string of the molecule is Nc1c(Cl)ccc(Cl)c1-c1nn2c(C3CCC3)nnc2s1. The van der Waals surface area contributed by atoms with Gasteiger partial charge in [0, 0.05) is 5.92 Å². The predicted molar refractivity (Wildman–Crippen MR) is 85.1 cm³/mol. The summed E-state index contributed by atoms with van der Waals surface area (Å²) in [5.41, 5.74) is 7.16. The van der Waals surface area contributed by atoms with Crippen molar-refractivity contribution in [3.8, 4) is 10.6 Å². The van der Waals surface area contributed by atoms with Crippen LogP contribution >= 0.6 is 34.5 Å². The summed E-state index contributed by atoms with van der Waals surface area (Å²) in [7, 11) is 0. The van der Waals surface area contributed by atoms with E-state index in [2.05, 4.69) is 15.3 Å². The van der Waals surface area contributed by atoms with Gasteiger partial charge in [0.2, 0.25) is 4.96 Å². The maximum atomic E-state index is 6.25. The van der Waals surface area contributed by atoms with Crippen molar-refractivity contribution in [2.24, 2.45) is 0 Å². The first-order valence-corrected chi connectivity index (χ1v) is 8.18.